The highest BCUT2D eigenvalue weighted by atomic mass is 16.5. The molecule has 0 saturated carbocycles. The molecule has 17 heavy (non-hydrogen) atoms. The maximum Gasteiger partial charge on any atom is 0.304 e. The molecule has 0 spiro atoms. The Balaban J connectivity index is 2.54. The third-order valence-corrected chi connectivity index (χ3v) is 2.51. The zero-order valence-corrected chi connectivity index (χ0v) is 9.38. The van der Waals surface area contributed by atoms with E-state index in [0.717, 1.165) is 16.3 Å². The minimum Gasteiger partial charge on any atom is -0.442 e. The molecule has 0 heterocycles. The summed E-state index contributed by atoms with van der Waals surface area (Å²) in [5.74, 6) is -0.454. The fourth-order valence-corrected chi connectivity index (χ4v) is 1.80. The molecule has 2 aromatic carbocycles. The molecule has 0 aliphatic rings. The topological polar surface area (TPSA) is 50.1 Å². The van der Waals surface area contributed by atoms with Crippen LogP contribution in [0.15, 0.2) is 42.5 Å². The number of ether oxygens (including phenoxy) is 1. The van der Waals surface area contributed by atoms with Crippen molar-refractivity contribution in [3.8, 4) is 6.07 Å². The molecule has 2 aromatic rings. The first-order valence-corrected chi connectivity index (χ1v) is 5.27. The maximum absolute atomic E-state index is 10.9. The summed E-state index contributed by atoms with van der Waals surface area (Å²) in [4.78, 5) is 10.9. The fourth-order valence-electron chi connectivity index (χ4n) is 1.80. The van der Waals surface area contributed by atoms with Gasteiger partial charge in [-0.15, -0.1) is 0 Å². The van der Waals surface area contributed by atoms with E-state index in [1.54, 1.807) is 6.07 Å². The smallest absolute Gasteiger partial charge is 0.304 e. The second-order valence-electron chi connectivity index (χ2n) is 3.69. The number of esters is 1. The van der Waals surface area contributed by atoms with Gasteiger partial charge < -0.3 is 4.74 Å². The second kappa shape index (κ2) is 4.67. The molecule has 0 unspecified atom stereocenters. The average Bonchev–Trinajstić information content (AvgIpc) is 2.35. The predicted octanol–water partition coefficient (Wildman–Crippen LogP) is 2.97. The van der Waals surface area contributed by atoms with Gasteiger partial charge in [-0.2, -0.15) is 5.26 Å². The van der Waals surface area contributed by atoms with Crippen molar-refractivity contribution in [1.29, 1.82) is 5.26 Å². The highest BCUT2D eigenvalue weighted by Crippen LogP contribution is 2.26. The maximum atomic E-state index is 10.9. The number of hydrogen-bond acceptors (Lipinski definition) is 3. The largest absolute Gasteiger partial charge is 0.442 e. The Bertz CT molecular complexity index is 593. The summed E-state index contributed by atoms with van der Waals surface area (Å²) >= 11 is 0. The molecule has 0 fully saturated rings. The molecule has 84 valence electrons. The minimum atomic E-state index is -0.849. The van der Waals surface area contributed by atoms with Crippen LogP contribution >= 0.6 is 0 Å². The molecule has 0 N–H and O–H groups in total. The molecule has 0 radical (unpaired) electrons. The summed E-state index contributed by atoms with van der Waals surface area (Å²) in [6.07, 6.45) is -0.849. The van der Waals surface area contributed by atoms with Gasteiger partial charge >= 0.3 is 5.97 Å². The van der Waals surface area contributed by atoms with Crippen LogP contribution in [0.25, 0.3) is 10.8 Å². The van der Waals surface area contributed by atoms with Crippen LogP contribution < -0.4 is 0 Å². The molecular formula is C14H11NO2. The van der Waals surface area contributed by atoms with Crippen LogP contribution in [0.4, 0.5) is 0 Å². The monoisotopic (exact) mass is 225 g/mol. The summed E-state index contributed by atoms with van der Waals surface area (Å²) in [6, 6.07) is 15.3. The average molecular weight is 225 g/mol. The molecule has 1 atom stereocenters. The number of nitrogens with zero attached hydrogens (tertiary/aromatic N) is 1. The Morgan fingerprint density at radius 2 is 1.94 bits per heavy atom. The minimum absolute atomic E-state index is 0.454. The number of fused-ring (bicyclic) bond motifs is 1. The van der Waals surface area contributed by atoms with Crippen molar-refractivity contribution in [2.45, 2.75) is 13.0 Å². The van der Waals surface area contributed by atoms with E-state index in [4.69, 9.17) is 10.00 Å². The standard InChI is InChI=1S/C14H11NO2/c1-10(16)17-14(9-15)13-8-4-6-11-5-2-3-7-12(11)13/h2-8,14H,1H3/t14-/m1/s1. The number of hydrogen-bond donors (Lipinski definition) is 0. The van der Waals surface area contributed by atoms with Crippen molar-refractivity contribution < 1.29 is 9.53 Å². The van der Waals surface area contributed by atoms with Crippen LogP contribution in [0.1, 0.15) is 18.6 Å². The summed E-state index contributed by atoms with van der Waals surface area (Å²) < 4.78 is 4.99. The third kappa shape index (κ3) is 2.26. The van der Waals surface area contributed by atoms with Gasteiger partial charge in [0.2, 0.25) is 6.10 Å². The third-order valence-electron chi connectivity index (χ3n) is 2.51. The normalized spacial score (nSPS) is 11.8. The van der Waals surface area contributed by atoms with Gasteiger partial charge in [-0.25, -0.2) is 0 Å². The number of benzene rings is 2. The van der Waals surface area contributed by atoms with Crippen LogP contribution in [0.5, 0.6) is 0 Å². The summed E-state index contributed by atoms with van der Waals surface area (Å²) in [7, 11) is 0. The highest BCUT2D eigenvalue weighted by Gasteiger charge is 2.15. The molecule has 0 amide bonds. The molecule has 2 rings (SSSR count). The fraction of sp³-hybridized carbons (Fsp3) is 0.143. The van der Waals surface area contributed by atoms with Crippen LogP contribution in [-0.4, -0.2) is 5.97 Å². The highest BCUT2D eigenvalue weighted by molar-refractivity contribution is 5.86. The van der Waals surface area contributed by atoms with Crippen molar-refractivity contribution in [1.82, 2.24) is 0 Å². The number of carbonyl (C=O) groups excluding carboxylic acids is 1. The Morgan fingerprint density at radius 1 is 1.24 bits per heavy atom. The van der Waals surface area contributed by atoms with Gasteiger partial charge in [0.15, 0.2) is 0 Å². The lowest BCUT2D eigenvalue weighted by molar-refractivity contribution is -0.144. The molecule has 0 bridgehead atoms. The van der Waals surface area contributed by atoms with Gasteiger partial charge in [0.25, 0.3) is 0 Å². The number of nitriles is 1. The van der Waals surface area contributed by atoms with Gasteiger partial charge in [0.05, 0.1) is 0 Å². The molecule has 3 nitrogen and oxygen atoms in total. The Labute approximate surface area is 99.2 Å². The molecule has 0 aliphatic carbocycles. The van der Waals surface area contributed by atoms with Crippen LogP contribution in [0.3, 0.4) is 0 Å². The zero-order valence-electron chi connectivity index (χ0n) is 9.38. The first kappa shape index (κ1) is 11.2. The lowest BCUT2D eigenvalue weighted by atomic mass is 10.0. The van der Waals surface area contributed by atoms with E-state index in [1.807, 2.05) is 42.5 Å². The summed E-state index contributed by atoms with van der Waals surface area (Å²) in [5, 5.41) is 11.0. The predicted molar refractivity (Wildman–Crippen MR) is 64.1 cm³/mol. The lowest BCUT2D eigenvalue weighted by Crippen LogP contribution is -2.06. The van der Waals surface area contributed by atoms with Gasteiger partial charge in [0.1, 0.15) is 6.07 Å². The van der Waals surface area contributed by atoms with E-state index in [1.165, 1.54) is 6.92 Å². The van der Waals surface area contributed by atoms with Gasteiger partial charge in [-0.05, 0) is 10.8 Å². The van der Waals surface area contributed by atoms with Crippen LogP contribution in [0, 0.1) is 11.3 Å². The van der Waals surface area contributed by atoms with E-state index < -0.39 is 12.1 Å². The van der Waals surface area contributed by atoms with Crippen molar-refractivity contribution in [3.05, 3.63) is 48.0 Å². The van der Waals surface area contributed by atoms with Crippen molar-refractivity contribution in [2.75, 3.05) is 0 Å². The molecule has 0 aromatic heterocycles. The van der Waals surface area contributed by atoms with Gasteiger partial charge in [0, 0.05) is 12.5 Å². The lowest BCUT2D eigenvalue weighted by Gasteiger charge is -2.12. The number of rotatable bonds is 2. The first-order valence-electron chi connectivity index (χ1n) is 5.27. The van der Waals surface area contributed by atoms with Gasteiger partial charge in [-0.1, -0.05) is 42.5 Å². The number of carbonyl (C=O) groups is 1. The van der Waals surface area contributed by atoms with E-state index in [0.29, 0.717) is 0 Å². The SMILES string of the molecule is CC(=O)O[C@H](C#N)c1cccc2ccccc12. The molecule has 0 saturated heterocycles. The molecule has 0 aliphatic heterocycles. The summed E-state index contributed by atoms with van der Waals surface area (Å²) in [5.41, 5.74) is 0.723. The van der Waals surface area contributed by atoms with E-state index in [9.17, 15) is 4.79 Å². The van der Waals surface area contributed by atoms with E-state index in [2.05, 4.69) is 0 Å². The first-order chi connectivity index (χ1) is 8.22. The van der Waals surface area contributed by atoms with Gasteiger partial charge in [-0.3, -0.25) is 4.79 Å². The van der Waals surface area contributed by atoms with E-state index >= 15 is 0 Å². The van der Waals surface area contributed by atoms with Crippen LogP contribution in [0.2, 0.25) is 0 Å². The Hall–Kier alpha value is -2.34. The van der Waals surface area contributed by atoms with E-state index in [-0.39, 0.29) is 0 Å². The quantitative estimate of drug-likeness (QED) is 0.738. The molecular weight excluding hydrogens is 214 g/mol. The Kier molecular flexibility index (Phi) is 3.06. The molecule has 3 heteroatoms. The Morgan fingerprint density at radius 3 is 2.65 bits per heavy atom. The second-order valence-corrected chi connectivity index (χ2v) is 3.69. The van der Waals surface area contributed by atoms with Crippen molar-refractivity contribution in [3.63, 3.8) is 0 Å². The zero-order chi connectivity index (χ0) is 12.3. The van der Waals surface area contributed by atoms with Crippen molar-refractivity contribution in [2.24, 2.45) is 0 Å². The summed E-state index contributed by atoms with van der Waals surface area (Å²) in [6.45, 7) is 1.30. The van der Waals surface area contributed by atoms with Crippen LogP contribution in [-0.2, 0) is 9.53 Å². The van der Waals surface area contributed by atoms with Crippen molar-refractivity contribution >= 4 is 16.7 Å².